The van der Waals surface area contributed by atoms with E-state index >= 15 is 0 Å². The number of halogens is 3. The molecule has 1 aromatic heterocycles. The Labute approximate surface area is 138 Å². The van der Waals surface area contributed by atoms with Crippen LogP contribution < -0.4 is 5.73 Å². The average Bonchev–Trinajstić information content (AvgIpc) is 2.66. The lowest BCUT2D eigenvalue weighted by atomic mass is 10.1. The van der Waals surface area contributed by atoms with E-state index in [2.05, 4.69) is 36.8 Å². The second-order valence-electron chi connectivity index (χ2n) is 4.95. The molecule has 0 radical (unpaired) electrons. The minimum absolute atomic E-state index is 0.344. The van der Waals surface area contributed by atoms with Crippen LogP contribution in [0.25, 0.3) is 16.7 Å². The molecule has 0 saturated carbocycles. The second-order valence-corrected chi connectivity index (χ2v) is 6.72. The summed E-state index contributed by atoms with van der Waals surface area (Å²) < 4.78 is 16.9. The number of benzene rings is 2. The number of hydrogen-bond acceptors (Lipinski definition) is 2. The minimum Gasteiger partial charge on any atom is -0.369 e. The van der Waals surface area contributed by atoms with Crippen molar-refractivity contribution in [3.8, 4) is 5.69 Å². The number of anilines is 1. The van der Waals surface area contributed by atoms with Gasteiger partial charge < -0.3 is 5.73 Å². The molecule has 2 aromatic carbocycles. The monoisotopic (exact) mass is 411 g/mol. The zero-order chi connectivity index (χ0) is 15.3. The molecule has 0 saturated heterocycles. The third-order valence-corrected chi connectivity index (χ3v) is 4.47. The van der Waals surface area contributed by atoms with Crippen LogP contribution in [0.4, 0.5) is 10.3 Å². The number of rotatable bonds is 1. The summed E-state index contributed by atoms with van der Waals surface area (Å²) in [6.07, 6.45) is 0. The number of hydrogen-bond donors (Lipinski definition) is 1. The zero-order valence-electron chi connectivity index (χ0n) is 11.4. The number of aryl methyl sites for hydroxylation is 2. The Bertz CT molecular complexity index is 848. The molecular formula is C15H12Br2FN3. The standard InChI is InChI=1S/C15H12Br2FN3/c1-7-3-9(16)4-8(2)14(7)21-13-5-10(17)11(18)6-12(13)20-15(21)19/h3-6H,1-2H3,(H2,19,20). The van der Waals surface area contributed by atoms with Crippen LogP contribution in [0.15, 0.2) is 33.2 Å². The lowest BCUT2D eigenvalue weighted by molar-refractivity contribution is 0.623. The molecule has 0 atom stereocenters. The van der Waals surface area contributed by atoms with Crippen LogP contribution in [0, 0.1) is 19.7 Å². The van der Waals surface area contributed by atoms with Gasteiger partial charge in [0, 0.05) is 10.5 Å². The molecule has 3 rings (SSSR count). The van der Waals surface area contributed by atoms with Gasteiger partial charge in [0.1, 0.15) is 5.82 Å². The molecule has 108 valence electrons. The van der Waals surface area contributed by atoms with Crippen molar-refractivity contribution in [2.45, 2.75) is 13.8 Å². The largest absolute Gasteiger partial charge is 0.369 e. The molecule has 21 heavy (non-hydrogen) atoms. The highest BCUT2D eigenvalue weighted by Gasteiger charge is 2.16. The molecule has 1 heterocycles. The van der Waals surface area contributed by atoms with E-state index in [1.165, 1.54) is 6.07 Å². The maximum absolute atomic E-state index is 13.7. The molecule has 0 bridgehead atoms. The number of nitrogens with zero attached hydrogens (tertiary/aromatic N) is 2. The SMILES string of the molecule is Cc1cc(Br)cc(C)c1-n1c(N)nc2cc(F)c(Br)cc21. The fraction of sp³-hybridized carbons (Fsp3) is 0.133. The number of aromatic nitrogens is 2. The minimum atomic E-state index is -0.351. The van der Waals surface area contributed by atoms with E-state index < -0.39 is 0 Å². The first-order valence-electron chi connectivity index (χ1n) is 6.28. The smallest absolute Gasteiger partial charge is 0.205 e. The van der Waals surface area contributed by atoms with Crippen molar-refractivity contribution in [3.63, 3.8) is 0 Å². The van der Waals surface area contributed by atoms with Gasteiger partial charge in [0.05, 0.1) is 21.2 Å². The third-order valence-electron chi connectivity index (χ3n) is 3.40. The van der Waals surface area contributed by atoms with Gasteiger partial charge in [-0.1, -0.05) is 15.9 Å². The van der Waals surface area contributed by atoms with Gasteiger partial charge in [0.25, 0.3) is 0 Å². The Morgan fingerprint density at radius 2 is 1.71 bits per heavy atom. The molecule has 0 spiro atoms. The van der Waals surface area contributed by atoms with E-state index in [9.17, 15) is 4.39 Å². The van der Waals surface area contributed by atoms with Crippen LogP contribution in [0.1, 0.15) is 11.1 Å². The summed E-state index contributed by atoms with van der Waals surface area (Å²) >= 11 is 6.70. The van der Waals surface area contributed by atoms with Crippen LogP contribution >= 0.6 is 31.9 Å². The van der Waals surface area contributed by atoms with E-state index in [-0.39, 0.29) is 5.82 Å². The average molecular weight is 413 g/mol. The normalized spacial score (nSPS) is 11.3. The number of nitrogens with two attached hydrogens (primary N) is 1. The van der Waals surface area contributed by atoms with Crippen LogP contribution in [0.3, 0.4) is 0 Å². The van der Waals surface area contributed by atoms with Gasteiger partial charge in [-0.05, 0) is 59.1 Å². The topological polar surface area (TPSA) is 43.8 Å². The van der Waals surface area contributed by atoms with Crippen LogP contribution in [-0.2, 0) is 0 Å². The van der Waals surface area contributed by atoms with Crippen LogP contribution in [-0.4, -0.2) is 9.55 Å². The maximum atomic E-state index is 13.7. The number of imidazole rings is 1. The van der Waals surface area contributed by atoms with Gasteiger partial charge in [-0.25, -0.2) is 9.37 Å². The summed E-state index contributed by atoms with van der Waals surface area (Å²) in [5, 5.41) is 0. The van der Waals surface area contributed by atoms with Crippen LogP contribution in [0.2, 0.25) is 0 Å². The molecule has 2 N–H and O–H groups in total. The quantitative estimate of drug-likeness (QED) is 0.618. The summed E-state index contributed by atoms with van der Waals surface area (Å²) in [4.78, 5) is 4.26. The van der Waals surface area contributed by atoms with E-state index in [1.807, 2.05) is 30.5 Å². The molecular weight excluding hydrogens is 401 g/mol. The predicted octanol–water partition coefficient (Wildman–Crippen LogP) is 4.89. The first kappa shape index (κ1) is 14.5. The summed E-state index contributed by atoms with van der Waals surface area (Å²) in [5.74, 6) is -0.00702. The summed E-state index contributed by atoms with van der Waals surface area (Å²) in [6.45, 7) is 4.02. The fourth-order valence-corrected chi connectivity index (χ4v) is 3.60. The predicted molar refractivity (Wildman–Crippen MR) is 90.3 cm³/mol. The first-order valence-corrected chi connectivity index (χ1v) is 7.87. The molecule has 3 nitrogen and oxygen atoms in total. The van der Waals surface area contributed by atoms with Crippen molar-refractivity contribution in [1.29, 1.82) is 0 Å². The van der Waals surface area contributed by atoms with Crippen molar-refractivity contribution in [3.05, 3.63) is 50.2 Å². The Kier molecular flexibility index (Phi) is 3.53. The van der Waals surface area contributed by atoms with Crippen molar-refractivity contribution < 1.29 is 4.39 Å². The van der Waals surface area contributed by atoms with Gasteiger partial charge >= 0.3 is 0 Å². The van der Waals surface area contributed by atoms with Gasteiger partial charge in [-0.15, -0.1) is 0 Å². The van der Waals surface area contributed by atoms with E-state index in [1.54, 1.807) is 6.07 Å². The highest BCUT2D eigenvalue weighted by molar-refractivity contribution is 9.10. The first-order chi connectivity index (χ1) is 9.88. The molecule has 3 aromatic rings. The van der Waals surface area contributed by atoms with E-state index in [4.69, 9.17) is 5.73 Å². The molecule has 0 aliphatic rings. The van der Waals surface area contributed by atoms with Crippen molar-refractivity contribution in [2.24, 2.45) is 0 Å². The highest BCUT2D eigenvalue weighted by Crippen LogP contribution is 2.32. The molecule has 0 unspecified atom stereocenters. The fourth-order valence-electron chi connectivity index (χ4n) is 2.58. The van der Waals surface area contributed by atoms with Gasteiger partial charge in [-0.2, -0.15) is 0 Å². The summed E-state index contributed by atoms with van der Waals surface area (Å²) in [6, 6.07) is 7.13. The molecule has 0 fully saturated rings. The molecule has 6 heteroatoms. The molecule has 0 aliphatic heterocycles. The Morgan fingerprint density at radius 1 is 1.10 bits per heavy atom. The molecule has 0 aliphatic carbocycles. The van der Waals surface area contributed by atoms with E-state index in [0.717, 1.165) is 26.8 Å². The Balaban J connectivity index is 2.41. The van der Waals surface area contributed by atoms with Gasteiger partial charge in [0.2, 0.25) is 5.95 Å². The van der Waals surface area contributed by atoms with Crippen LogP contribution in [0.5, 0.6) is 0 Å². The third kappa shape index (κ3) is 2.36. The highest BCUT2D eigenvalue weighted by atomic mass is 79.9. The summed E-state index contributed by atoms with van der Waals surface area (Å²) in [5.41, 5.74) is 10.5. The maximum Gasteiger partial charge on any atom is 0.205 e. The van der Waals surface area contributed by atoms with Gasteiger partial charge in [0.15, 0.2) is 0 Å². The van der Waals surface area contributed by atoms with E-state index in [0.29, 0.717) is 15.9 Å². The number of nitrogen functional groups attached to an aromatic ring is 1. The molecule has 0 amide bonds. The van der Waals surface area contributed by atoms with Crippen molar-refractivity contribution in [1.82, 2.24) is 9.55 Å². The van der Waals surface area contributed by atoms with Crippen molar-refractivity contribution >= 4 is 48.8 Å². The zero-order valence-corrected chi connectivity index (χ0v) is 14.6. The lowest BCUT2D eigenvalue weighted by Crippen LogP contribution is -2.04. The summed E-state index contributed by atoms with van der Waals surface area (Å²) in [7, 11) is 0. The Morgan fingerprint density at radius 3 is 2.33 bits per heavy atom. The van der Waals surface area contributed by atoms with Crippen molar-refractivity contribution in [2.75, 3.05) is 5.73 Å². The lowest BCUT2D eigenvalue weighted by Gasteiger charge is -2.14. The Hall–Kier alpha value is -1.40. The second kappa shape index (κ2) is 5.10. The number of fused-ring (bicyclic) bond motifs is 1. The van der Waals surface area contributed by atoms with Gasteiger partial charge in [-0.3, -0.25) is 4.57 Å².